The second-order valence-electron chi connectivity index (χ2n) is 3.49. The molecule has 0 bridgehead atoms. The van der Waals surface area contributed by atoms with Gasteiger partial charge in [0.15, 0.2) is 0 Å². The highest BCUT2D eigenvalue weighted by Gasteiger charge is 2.15. The van der Waals surface area contributed by atoms with Gasteiger partial charge in [-0.1, -0.05) is 0 Å². The van der Waals surface area contributed by atoms with Crippen molar-refractivity contribution in [3.8, 4) is 0 Å². The van der Waals surface area contributed by atoms with Crippen LogP contribution < -0.4 is 17.7 Å². The molecule has 0 saturated carbocycles. The number of quaternary nitrogens is 1. The molecule has 1 N–H and O–H groups in total. The van der Waals surface area contributed by atoms with Crippen molar-refractivity contribution in [1.29, 1.82) is 0 Å². The van der Waals surface area contributed by atoms with Gasteiger partial charge in [0.2, 0.25) is 0 Å². The smallest absolute Gasteiger partial charge is 0.0909 e. The summed E-state index contributed by atoms with van der Waals surface area (Å²) in [4.78, 5) is 0. The largest absolute Gasteiger partial charge is 1.00 e. The molecule has 1 rings (SSSR count). The Morgan fingerprint density at radius 1 is 1.00 bits per heavy atom. The average Bonchev–Trinajstić information content (AvgIpc) is 1.92. The maximum Gasteiger partial charge on any atom is 0.0909 e. The van der Waals surface area contributed by atoms with E-state index >= 15 is 0 Å². The van der Waals surface area contributed by atoms with Gasteiger partial charge in [-0.05, 0) is 0 Å². The highest BCUT2D eigenvalue weighted by Crippen LogP contribution is 1.99. The van der Waals surface area contributed by atoms with E-state index < -0.39 is 0 Å². The first kappa shape index (κ1) is 18.5. The molecule has 2 nitrogen and oxygen atoms in total. The molecule has 0 atom stereocenters. The van der Waals surface area contributed by atoms with Gasteiger partial charge in [-0.15, -0.1) is 24.8 Å². The maximum atomic E-state index is 3.39. The van der Waals surface area contributed by atoms with Crippen LogP contribution in [0.15, 0.2) is 0 Å². The third kappa shape index (κ3) is 7.44. The van der Waals surface area contributed by atoms with Gasteiger partial charge in [-0.2, -0.15) is 0 Å². The molecule has 0 aliphatic carbocycles. The Balaban J connectivity index is -0.000000270. The van der Waals surface area contributed by atoms with E-state index in [1.807, 2.05) is 0 Å². The van der Waals surface area contributed by atoms with Gasteiger partial charge in [0.25, 0.3) is 0 Å². The van der Waals surface area contributed by atoms with Crippen LogP contribution in [0.5, 0.6) is 0 Å². The van der Waals surface area contributed by atoms with Crippen LogP contribution in [0.1, 0.15) is 6.42 Å². The number of nitrogens with one attached hydrogen (secondary N) is 1. The summed E-state index contributed by atoms with van der Waals surface area (Å²) in [7, 11) is 4.60. The molecule has 0 spiro atoms. The fourth-order valence-electron chi connectivity index (χ4n) is 1.25. The molecule has 1 saturated heterocycles. The molecule has 0 radical (unpaired) electrons. The molecular formula is C7H19Cl3N2. The van der Waals surface area contributed by atoms with E-state index in [4.69, 9.17) is 0 Å². The van der Waals surface area contributed by atoms with Crippen LogP contribution in [-0.4, -0.2) is 44.8 Å². The summed E-state index contributed by atoms with van der Waals surface area (Å²) >= 11 is 0. The second-order valence-corrected chi connectivity index (χ2v) is 3.49. The summed E-state index contributed by atoms with van der Waals surface area (Å²) in [5, 5.41) is 3.39. The van der Waals surface area contributed by atoms with Crippen molar-refractivity contribution in [1.82, 2.24) is 5.32 Å². The molecule has 1 aliphatic heterocycles. The molecule has 78 valence electrons. The highest BCUT2D eigenvalue weighted by molar-refractivity contribution is 5.85. The molecule has 0 unspecified atom stereocenters. The van der Waals surface area contributed by atoms with Gasteiger partial charge in [0.05, 0.1) is 27.2 Å². The zero-order valence-electron chi connectivity index (χ0n) is 7.68. The summed E-state index contributed by atoms with van der Waals surface area (Å²) in [6.45, 7) is 5.00. The second kappa shape index (κ2) is 8.39. The number of halogens is 3. The third-order valence-corrected chi connectivity index (χ3v) is 2.01. The van der Waals surface area contributed by atoms with Gasteiger partial charge in [-0.25, -0.2) is 0 Å². The lowest BCUT2D eigenvalue weighted by Crippen LogP contribution is -3.00. The summed E-state index contributed by atoms with van der Waals surface area (Å²) in [6.07, 6.45) is 1.33. The molecular weight excluding hydrogens is 218 g/mol. The first-order valence-corrected chi connectivity index (χ1v) is 3.73. The SMILES string of the molecule is C[N+]1(C)CCCNCC1.Cl.Cl.[Cl-]. The summed E-state index contributed by atoms with van der Waals surface area (Å²) < 4.78 is 1.19. The Morgan fingerprint density at radius 3 is 2.17 bits per heavy atom. The molecule has 1 aliphatic rings. The molecule has 0 aromatic carbocycles. The van der Waals surface area contributed by atoms with Gasteiger partial charge < -0.3 is 22.2 Å². The van der Waals surface area contributed by atoms with Crippen LogP contribution in [0.25, 0.3) is 0 Å². The van der Waals surface area contributed by atoms with Gasteiger partial charge in [-0.3, -0.25) is 0 Å². The first-order chi connectivity index (χ1) is 4.21. The number of rotatable bonds is 0. The number of hydrogen-bond acceptors (Lipinski definition) is 1. The normalized spacial score (nSPS) is 20.5. The molecule has 0 aromatic rings. The Hall–Kier alpha value is 0.790. The topological polar surface area (TPSA) is 12.0 Å². The summed E-state index contributed by atoms with van der Waals surface area (Å²) in [6, 6.07) is 0. The number of nitrogens with zero attached hydrogens (tertiary/aromatic N) is 1. The van der Waals surface area contributed by atoms with E-state index in [-0.39, 0.29) is 37.2 Å². The van der Waals surface area contributed by atoms with Crippen LogP contribution in [0.4, 0.5) is 0 Å². The molecule has 0 aromatic heterocycles. The van der Waals surface area contributed by atoms with Crippen LogP contribution in [0.3, 0.4) is 0 Å². The Bertz CT molecular complexity index is 88.7. The zero-order valence-corrected chi connectivity index (χ0v) is 10.1. The summed E-state index contributed by atoms with van der Waals surface area (Å²) in [5.74, 6) is 0. The molecule has 5 heteroatoms. The lowest BCUT2D eigenvalue weighted by Gasteiger charge is -2.27. The lowest BCUT2D eigenvalue weighted by molar-refractivity contribution is -0.887. The fourth-order valence-corrected chi connectivity index (χ4v) is 1.25. The first-order valence-electron chi connectivity index (χ1n) is 3.73. The van der Waals surface area contributed by atoms with E-state index in [1.165, 1.54) is 37.1 Å². The fraction of sp³-hybridized carbons (Fsp3) is 1.00. The van der Waals surface area contributed by atoms with E-state index in [0.717, 1.165) is 0 Å². The van der Waals surface area contributed by atoms with Crippen molar-refractivity contribution in [3.63, 3.8) is 0 Å². The van der Waals surface area contributed by atoms with Gasteiger partial charge >= 0.3 is 0 Å². The molecule has 1 fully saturated rings. The predicted octanol–water partition coefficient (Wildman–Crippen LogP) is -2.10. The van der Waals surface area contributed by atoms with E-state index in [9.17, 15) is 0 Å². The Morgan fingerprint density at radius 2 is 1.58 bits per heavy atom. The molecule has 12 heavy (non-hydrogen) atoms. The highest BCUT2D eigenvalue weighted by atomic mass is 35.5. The number of likely N-dealkylation sites (N-methyl/N-ethyl adjacent to an activating group) is 1. The van der Waals surface area contributed by atoms with Gasteiger partial charge in [0.1, 0.15) is 0 Å². The Labute approximate surface area is 93.9 Å². The van der Waals surface area contributed by atoms with E-state index in [1.54, 1.807) is 0 Å². The van der Waals surface area contributed by atoms with Crippen molar-refractivity contribution in [2.45, 2.75) is 6.42 Å². The van der Waals surface area contributed by atoms with Crippen LogP contribution >= 0.6 is 24.8 Å². The van der Waals surface area contributed by atoms with Crippen LogP contribution in [0, 0.1) is 0 Å². The van der Waals surface area contributed by atoms with Crippen molar-refractivity contribution >= 4 is 24.8 Å². The van der Waals surface area contributed by atoms with Crippen molar-refractivity contribution in [2.24, 2.45) is 0 Å². The molecule has 0 amide bonds. The van der Waals surface area contributed by atoms with E-state index in [0.29, 0.717) is 0 Å². The van der Waals surface area contributed by atoms with Crippen LogP contribution in [-0.2, 0) is 0 Å². The lowest BCUT2D eigenvalue weighted by atomic mass is 10.4. The average molecular weight is 238 g/mol. The van der Waals surface area contributed by atoms with Crippen molar-refractivity contribution < 1.29 is 16.9 Å². The van der Waals surface area contributed by atoms with Crippen molar-refractivity contribution in [3.05, 3.63) is 0 Å². The Kier molecular flexibility index (Phi) is 13.0. The molecule has 1 heterocycles. The maximum absolute atomic E-state index is 3.39. The van der Waals surface area contributed by atoms with Gasteiger partial charge in [0, 0.05) is 19.5 Å². The van der Waals surface area contributed by atoms with E-state index in [2.05, 4.69) is 19.4 Å². The predicted molar refractivity (Wildman–Crippen MR) is 53.8 cm³/mol. The quantitative estimate of drug-likeness (QED) is 0.476. The zero-order chi connectivity index (χ0) is 6.74. The van der Waals surface area contributed by atoms with Crippen molar-refractivity contribution in [2.75, 3.05) is 40.3 Å². The van der Waals surface area contributed by atoms with Crippen LogP contribution in [0.2, 0.25) is 0 Å². The number of hydrogen-bond donors (Lipinski definition) is 1. The standard InChI is InChI=1S/C7H17N2.3ClH/c1-9(2)6-3-4-8-5-7-9;;;/h8H,3-7H2,1-2H3;3*1H/q+1;;;/p-1. The third-order valence-electron chi connectivity index (χ3n) is 2.01. The minimum Gasteiger partial charge on any atom is -1.00 e. The minimum atomic E-state index is 0. The summed E-state index contributed by atoms with van der Waals surface area (Å²) in [5.41, 5.74) is 0. The minimum absolute atomic E-state index is 0. The monoisotopic (exact) mass is 236 g/mol.